The normalized spacial score (nSPS) is 14.9. The lowest BCUT2D eigenvalue weighted by Gasteiger charge is -2.32. The van der Waals surface area contributed by atoms with Crippen LogP contribution >= 0.6 is 11.3 Å². The van der Waals surface area contributed by atoms with Gasteiger partial charge in [-0.25, -0.2) is 9.97 Å². The van der Waals surface area contributed by atoms with Gasteiger partial charge in [0.2, 0.25) is 11.9 Å². The molecule has 0 aliphatic carbocycles. The molecule has 8 nitrogen and oxygen atoms in total. The van der Waals surface area contributed by atoms with Crippen molar-refractivity contribution in [3.63, 3.8) is 0 Å². The largest absolute Gasteiger partial charge is 0.325 e. The summed E-state index contributed by atoms with van der Waals surface area (Å²) in [5.74, 6) is 0.454. The lowest BCUT2D eigenvalue weighted by atomic mass is 10.2. The molecule has 9 heteroatoms. The molecule has 3 N–H and O–H groups in total. The average Bonchev–Trinajstić information content (AvgIpc) is 3.34. The number of carbonyl (C=O) groups is 1. The summed E-state index contributed by atoms with van der Waals surface area (Å²) >= 11 is 1.65. The average molecular weight is 452 g/mol. The number of anilines is 3. The summed E-state index contributed by atoms with van der Waals surface area (Å²) in [5, 5.41) is 13.5. The summed E-state index contributed by atoms with van der Waals surface area (Å²) in [7, 11) is 2.15. The molecule has 0 spiro atoms. The molecule has 1 fully saturated rings. The van der Waals surface area contributed by atoms with E-state index in [1.165, 1.54) is 0 Å². The highest BCUT2D eigenvalue weighted by atomic mass is 32.1. The number of piperazine rings is 1. The van der Waals surface area contributed by atoms with Crippen LogP contribution in [0.3, 0.4) is 0 Å². The van der Waals surface area contributed by atoms with Crippen molar-refractivity contribution >= 4 is 34.6 Å². The first-order valence-corrected chi connectivity index (χ1v) is 11.7. The molecule has 0 saturated carbocycles. The molecule has 0 unspecified atom stereocenters. The van der Waals surface area contributed by atoms with Crippen molar-refractivity contribution in [2.24, 2.45) is 0 Å². The monoisotopic (exact) mass is 451 g/mol. The van der Waals surface area contributed by atoms with Crippen molar-refractivity contribution in [2.45, 2.75) is 0 Å². The number of nitrogens with zero attached hydrogens (tertiary/aromatic N) is 4. The van der Waals surface area contributed by atoms with E-state index in [0.29, 0.717) is 12.5 Å². The number of benzene rings is 1. The summed E-state index contributed by atoms with van der Waals surface area (Å²) in [5.41, 5.74) is 3.64. The maximum Gasteiger partial charge on any atom is 0.238 e. The van der Waals surface area contributed by atoms with Crippen LogP contribution in [0.25, 0.3) is 11.1 Å². The van der Waals surface area contributed by atoms with E-state index in [-0.39, 0.29) is 5.91 Å². The van der Waals surface area contributed by atoms with Gasteiger partial charge in [0.25, 0.3) is 0 Å². The minimum absolute atomic E-state index is 0.0584. The highest BCUT2D eigenvalue weighted by Gasteiger charge is 2.13. The van der Waals surface area contributed by atoms with E-state index in [1.54, 1.807) is 23.7 Å². The maximum atomic E-state index is 12.3. The van der Waals surface area contributed by atoms with E-state index in [2.05, 4.69) is 48.1 Å². The number of likely N-dealkylation sites (N-methyl/N-ethyl adjacent to an activating group) is 1. The Morgan fingerprint density at radius 2 is 1.84 bits per heavy atom. The van der Waals surface area contributed by atoms with E-state index in [0.717, 1.165) is 61.8 Å². The second kappa shape index (κ2) is 11.1. The van der Waals surface area contributed by atoms with Crippen LogP contribution in [0.2, 0.25) is 0 Å². The quantitative estimate of drug-likeness (QED) is 0.431. The second-order valence-corrected chi connectivity index (χ2v) is 8.66. The second-order valence-electron chi connectivity index (χ2n) is 7.88. The van der Waals surface area contributed by atoms with Crippen LogP contribution in [0.5, 0.6) is 0 Å². The number of nitrogens with one attached hydrogen (secondary N) is 3. The van der Waals surface area contributed by atoms with Gasteiger partial charge >= 0.3 is 0 Å². The highest BCUT2D eigenvalue weighted by molar-refractivity contribution is 7.08. The topological polar surface area (TPSA) is 85.4 Å². The zero-order chi connectivity index (χ0) is 22.2. The van der Waals surface area contributed by atoms with Gasteiger partial charge in [-0.15, -0.1) is 0 Å². The fourth-order valence-electron chi connectivity index (χ4n) is 3.49. The van der Waals surface area contributed by atoms with Crippen LogP contribution in [0.15, 0.2) is 53.5 Å². The predicted octanol–water partition coefficient (Wildman–Crippen LogP) is 2.72. The molecule has 2 aromatic heterocycles. The fraction of sp³-hybridized carbons (Fsp3) is 0.348. The Bertz CT molecular complexity index is 986. The van der Waals surface area contributed by atoms with Gasteiger partial charge in [-0.3, -0.25) is 9.69 Å². The van der Waals surface area contributed by atoms with Crippen LogP contribution in [0.1, 0.15) is 0 Å². The van der Waals surface area contributed by atoms with Crippen molar-refractivity contribution in [1.82, 2.24) is 25.1 Å². The Labute approximate surface area is 192 Å². The lowest BCUT2D eigenvalue weighted by molar-refractivity contribution is -0.115. The highest BCUT2D eigenvalue weighted by Crippen LogP contribution is 2.22. The molecule has 4 rings (SSSR count). The van der Waals surface area contributed by atoms with Crippen LogP contribution in [-0.2, 0) is 4.79 Å². The summed E-state index contributed by atoms with van der Waals surface area (Å²) in [6.07, 6.45) is 3.60. The van der Waals surface area contributed by atoms with E-state index in [9.17, 15) is 4.79 Å². The Kier molecular flexibility index (Phi) is 7.78. The zero-order valence-electron chi connectivity index (χ0n) is 18.3. The molecule has 1 aliphatic heterocycles. The van der Waals surface area contributed by atoms with Gasteiger partial charge in [-0.2, -0.15) is 11.3 Å². The number of hydrogen-bond acceptors (Lipinski definition) is 8. The number of aromatic nitrogens is 2. The minimum atomic E-state index is -0.0584. The van der Waals surface area contributed by atoms with Crippen molar-refractivity contribution < 1.29 is 4.79 Å². The number of rotatable bonds is 9. The van der Waals surface area contributed by atoms with Gasteiger partial charge in [0, 0.05) is 68.6 Å². The first-order chi connectivity index (χ1) is 15.7. The van der Waals surface area contributed by atoms with Crippen molar-refractivity contribution in [2.75, 3.05) is 63.5 Å². The Balaban J connectivity index is 1.21. The summed E-state index contributed by atoms with van der Waals surface area (Å²) in [6, 6.07) is 9.59. The molecule has 1 amide bonds. The maximum absolute atomic E-state index is 12.3. The number of thiophene rings is 1. The third-order valence-corrected chi connectivity index (χ3v) is 6.08. The Hall–Kier alpha value is -2.85. The molecule has 1 aliphatic rings. The standard InChI is InChI=1S/C23H29N7OS/c1-29-8-10-30(11-9-29)7-6-24-16-22(31)27-20-3-2-4-21(13-20)28-23-25-14-19(15-26-23)18-5-12-32-17-18/h2-5,12-15,17,24H,6-11,16H2,1H3,(H,27,31)(H,25,26,28). The molecule has 3 aromatic rings. The smallest absolute Gasteiger partial charge is 0.238 e. The summed E-state index contributed by atoms with van der Waals surface area (Å²) in [6.45, 7) is 6.44. The van der Waals surface area contributed by atoms with Crippen LogP contribution in [-0.4, -0.2) is 78.5 Å². The molecule has 0 atom stereocenters. The van der Waals surface area contributed by atoms with Crippen LogP contribution in [0, 0.1) is 0 Å². The Morgan fingerprint density at radius 3 is 2.59 bits per heavy atom. The van der Waals surface area contributed by atoms with E-state index in [1.807, 2.05) is 35.7 Å². The molecular formula is C23H29N7OS. The van der Waals surface area contributed by atoms with Gasteiger partial charge in [-0.1, -0.05) is 6.07 Å². The van der Waals surface area contributed by atoms with E-state index < -0.39 is 0 Å². The number of amides is 1. The fourth-order valence-corrected chi connectivity index (χ4v) is 4.15. The first kappa shape index (κ1) is 22.3. The van der Waals surface area contributed by atoms with Gasteiger partial charge < -0.3 is 20.9 Å². The first-order valence-electron chi connectivity index (χ1n) is 10.8. The molecule has 1 saturated heterocycles. The van der Waals surface area contributed by atoms with Gasteiger partial charge in [0.05, 0.1) is 6.54 Å². The third kappa shape index (κ3) is 6.57. The van der Waals surface area contributed by atoms with Gasteiger partial charge in [0.1, 0.15) is 0 Å². The molecule has 1 aromatic carbocycles. The third-order valence-electron chi connectivity index (χ3n) is 5.40. The van der Waals surface area contributed by atoms with Gasteiger partial charge in [-0.05, 0) is 47.6 Å². The number of carbonyl (C=O) groups excluding carboxylic acids is 1. The van der Waals surface area contributed by atoms with Gasteiger partial charge in [0.15, 0.2) is 0 Å². The SMILES string of the molecule is CN1CCN(CCNCC(=O)Nc2cccc(Nc3ncc(-c4ccsc4)cn3)c2)CC1. The summed E-state index contributed by atoms with van der Waals surface area (Å²) in [4.78, 5) is 25.8. The van der Waals surface area contributed by atoms with Crippen LogP contribution in [0.4, 0.5) is 17.3 Å². The van der Waals surface area contributed by atoms with Crippen molar-refractivity contribution in [1.29, 1.82) is 0 Å². The Morgan fingerprint density at radius 1 is 1.06 bits per heavy atom. The molecule has 0 bridgehead atoms. The molecule has 3 heterocycles. The summed E-state index contributed by atoms with van der Waals surface area (Å²) < 4.78 is 0. The predicted molar refractivity (Wildman–Crippen MR) is 131 cm³/mol. The zero-order valence-corrected chi connectivity index (χ0v) is 19.1. The van der Waals surface area contributed by atoms with E-state index >= 15 is 0 Å². The van der Waals surface area contributed by atoms with Crippen LogP contribution < -0.4 is 16.0 Å². The van der Waals surface area contributed by atoms with E-state index in [4.69, 9.17) is 0 Å². The molecular weight excluding hydrogens is 422 g/mol. The minimum Gasteiger partial charge on any atom is -0.325 e. The van der Waals surface area contributed by atoms with Crippen molar-refractivity contribution in [3.8, 4) is 11.1 Å². The molecule has 168 valence electrons. The number of hydrogen-bond donors (Lipinski definition) is 3. The molecule has 0 radical (unpaired) electrons. The van der Waals surface area contributed by atoms with Crippen molar-refractivity contribution in [3.05, 3.63) is 53.5 Å². The molecule has 32 heavy (non-hydrogen) atoms. The lowest BCUT2D eigenvalue weighted by Crippen LogP contribution is -2.46.